The van der Waals surface area contributed by atoms with Crippen LogP contribution in [0.2, 0.25) is 0 Å². The minimum absolute atomic E-state index is 0.176. The number of rotatable bonds is 3. The number of nitrogens with zero attached hydrogens (tertiary/aromatic N) is 1. The third-order valence-electron chi connectivity index (χ3n) is 3.20. The van der Waals surface area contributed by atoms with Gasteiger partial charge in [0.25, 0.3) is 5.91 Å². The number of nitrogens with one attached hydrogen (secondary N) is 2. The van der Waals surface area contributed by atoms with Gasteiger partial charge in [-0.15, -0.1) is 0 Å². The Morgan fingerprint density at radius 1 is 1.14 bits per heavy atom. The van der Waals surface area contributed by atoms with Crippen molar-refractivity contribution < 1.29 is 9.21 Å². The van der Waals surface area contributed by atoms with Crippen molar-refractivity contribution in [3.05, 3.63) is 59.5 Å². The lowest BCUT2D eigenvalue weighted by Crippen LogP contribution is -2.12. The van der Waals surface area contributed by atoms with Crippen molar-refractivity contribution in [1.82, 2.24) is 10.2 Å². The van der Waals surface area contributed by atoms with Crippen molar-refractivity contribution in [3.8, 4) is 11.5 Å². The van der Waals surface area contributed by atoms with Crippen LogP contribution < -0.4 is 5.32 Å². The second kappa shape index (κ2) is 5.28. The van der Waals surface area contributed by atoms with Gasteiger partial charge in [-0.25, -0.2) is 0 Å². The summed E-state index contributed by atoms with van der Waals surface area (Å²) in [6, 6.07) is 12.8. The van der Waals surface area contributed by atoms with Gasteiger partial charge < -0.3 is 9.73 Å². The quantitative estimate of drug-likeness (QED) is 0.771. The molecule has 0 spiro atoms. The first kappa shape index (κ1) is 13.2. The highest BCUT2D eigenvalue weighted by Gasteiger charge is 2.17. The van der Waals surface area contributed by atoms with Crippen molar-refractivity contribution in [2.45, 2.75) is 13.8 Å². The number of amides is 1. The average Bonchev–Trinajstić information content (AvgIpc) is 3.07. The molecule has 5 nitrogen and oxygen atoms in total. The molecule has 3 rings (SSSR count). The van der Waals surface area contributed by atoms with E-state index in [2.05, 4.69) is 15.5 Å². The Morgan fingerprint density at radius 2 is 1.90 bits per heavy atom. The van der Waals surface area contributed by atoms with E-state index in [0.717, 1.165) is 11.5 Å². The molecule has 0 aliphatic rings. The van der Waals surface area contributed by atoms with E-state index in [1.807, 2.05) is 44.2 Å². The third kappa shape index (κ3) is 2.58. The van der Waals surface area contributed by atoms with Gasteiger partial charge in [-0.3, -0.25) is 9.89 Å². The Balaban J connectivity index is 1.93. The maximum atomic E-state index is 12.3. The van der Waals surface area contributed by atoms with Crippen LogP contribution >= 0.6 is 0 Å². The monoisotopic (exact) mass is 281 g/mol. The van der Waals surface area contributed by atoms with Gasteiger partial charge in [0.15, 0.2) is 11.5 Å². The van der Waals surface area contributed by atoms with Gasteiger partial charge in [0, 0.05) is 5.56 Å². The molecule has 0 fully saturated rings. The highest BCUT2D eigenvalue weighted by molar-refractivity contribution is 6.06. The molecule has 2 N–H and O–H groups in total. The number of carbonyl (C=O) groups is 1. The molecule has 0 aliphatic carbocycles. The SMILES string of the molecule is Cc1ccc(-c2n[nH]c(C)c2NC(=O)c2ccccc2)o1. The van der Waals surface area contributed by atoms with E-state index in [1.165, 1.54) is 0 Å². The van der Waals surface area contributed by atoms with Gasteiger partial charge in [-0.05, 0) is 38.1 Å². The largest absolute Gasteiger partial charge is 0.460 e. The van der Waals surface area contributed by atoms with Crippen LogP contribution in [0.1, 0.15) is 21.8 Å². The van der Waals surface area contributed by atoms with Gasteiger partial charge in [-0.1, -0.05) is 18.2 Å². The summed E-state index contributed by atoms with van der Waals surface area (Å²) in [7, 11) is 0. The molecule has 0 unspecified atom stereocenters. The second-order valence-corrected chi connectivity index (χ2v) is 4.80. The molecule has 0 saturated heterocycles. The summed E-state index contributed by atoms with van der Waals surface area (Å²) in [6.45, 7) is 3.72. The molecule has 1 aromatic carbocycles. The van der Waals surface area contributed by atoms with E-state index in [0.29, 0.717) is 22.7 Å². The number of aryl methyl sites for hydroxylation is 2. The van der Waals surface area contributed by atoms with Crippen molar-refractivity contribution in [1.29, 1.82) is 0 Å². The molecule has 0 aliphatic heterocycles. The van der Waals surface area contributed by atoms with Crippen LogP contribution in [0.5, 0.6) is 0 Å². The van der Waals surface area contributed by atoms with Crippen LogP contribution in [0, 0.1) is 13.8 Å². The fraction of sp³-hybridized carbons (Fsp3) is 0.125. The molecular weight excluding hydrogens is 266 g/mol. The van der Waals surface area contributed by atoms with Gasteiger partial charge >= 0.3 is 0 Å². The summed E-state index contributed by atoms with van der Waals surface area (Å²) < 4.78 is 5.58. The number of hydrogen-bond donors (Lipinski definition) is 2. The maximum absolute atomic E-state index is 12.3. The number of anilines is 1. The lowest BCUT2D eigenvalue weighted by Gasteiger charge is -2.05. The molecule has 0 bridgehead atoms. The van der Waals surface area contributed by atoms with Gasteiger partial charge in [0.05, 0.1) is 11.4 Å². The Hall–Kier alpha value is -2.82. The highest BCUT2D eigenvalue weighted by atomic mass is 16.3. The summed E-state index contributed by atoms with van der Waals surface area (Å²) in [5, 5.41) is 9.98. The number of aromatic amines is 1. The van der Waals surface area contributed by atoms with Crippen molar-refractivity contribution in [2.75, 3.05) is 5.32 Å². The Bertz CT molecular complexity index is 772. The molecule has 3 aromatic rings. The molecule has 1 amide bonds. The van der Waals surface area contributed by atoms with E-state index < -0.39 is 0 Å². The Kier molecular flexibility index (Phi) is 3.31. The van der Waals surface area contributed by atoms with Crippen LogP contribution in [0.15, 0.2) is 46.9 Å². The molecule has 21 heavy (non-hydrogen) atoms. The zero-order valence-electron chi connectivity index (χ0n) is 11.8. The lowest BCUT2D eigenvalue weighted by molar-refractivity contribution is 0.102. The Morgan fingerprint density at radius 3 is 2.57 bits per heavy atom. The number of carbonyl (C=O) groups excluding carboxylic acids is 1. The number of benzene rings is 1. The van der Waals surface area contributed by atoms with Crippen molar-refractivity contribution >= 4 is 11.6 Å². The molecule has 5 heteroatoms. The Labute approximate surface area is 122 Å². The highest BCUT2D eigenvalue weighted by Crippen LogP contribution is 2.30. The zero-order valence-corrected chi connectivity index (χ0v) is 11.8. The second-order valence-electron chi connectivity index (χ2n) is 4.80. The van der Waals surface area contributed by atoms with Gasteiger partial charge in [0.2, 0.25) is 0 Å². The molecule has 0 saturated carbocycles. The van der Waals surface area contributed by atoms with E-state index >= 15 is 0 Å². The molecule has 2 aromatic heterocycles. The number of furan rings is 1. The van der Waals surface area contributed by atoms with E-state index in [-0.39, 0.29) is 5.91 Å². The number of hydrogen-bond acceptors (Lipinski definition) is 3. The van der Waals surface area contributed by atoms with Crippen LogP contribution in [-0.4, -0.2) is 16.1 Å². The van der Waals surface area contributed by atoms with E-state index in [9.17, 15) is 4.79 Å². The molecular formula is C16H15N3O2. The predicted molar refractivity (Wildman–Crippen MR) is 80.2 cm³/mol. The fourth-order valence-corrected chi connectivity index (χ4v) is 2.10. The number of aromatic nitrogens is 2. The summed E-state index contributed by atoms with van der Waals surface area (Å²) >= 11 is 0. The summed E-state index contributed by atoms with van der Waals surface area (Å²) in [5.41, 5.74) is 2.62. The normalized spacial score (nSPS) is 10.6. The molecule has 0 atom stereocenters. The first-order valence-electron chi connectivity index (χ1n) is 6.63. The minimum Gasteiger partial charge on any atom is -0.460 e. The first-order valence-corrected chi connectivity index (χ1v) is 6.63. The van der Waals surface area contributed by atoms with Crippen LogP contribution in [0.25, 0.3) is 11.5 Å². The smallest absolute Gasteiger partial charge is 0.255 e. The number of H-pyrrole nitrogens is 1. The first-order chi connectivity index (χ1) is 10.1. The lowest BCUT2D eigenvalue weighted by atomic mass is 10.2. The molecule has 0 radical (unpaired) electrons. The minimum atomic E-state index is -0.176. The standard InChI is InChI=1S/C16H15N3O2/c1-10-8-9-13(21-10)15-14(11(2)18-19-15)17-16(20)12-6-4-3-5-7-12/h3-9H,1-2H3,(H,17,20)(H,18,19). The molecule has 2 heterocycles. The maximum Gasteiger partial charge on any atom is 0.255 e. The van der Waals surface area contributed by atoms with Crippen molar-refractivity contribution in [3.63, 3.8) is 0 Å². The van der Waals surface area contributed by atoms with Crippen molar-refractivity contribution in [2.24, 2.45) is 0 Å². The van der Waals surface area contributed by atoms with E-state index in [1.54, 1.807) is 12.1 Å². The fourth-order valence-electron chi connectivity index (χ4n) is 2.10. The van der Waals surface area contributed by atoms with Gasteiger partial charge in [0.1, 0.15) is 5.76 Å². The summed E-state index contributed by atoms with van der Waals surface area (Å²) in [6.07, 6.45) is 0. The molecule has 106 valence electrons. The van der Waals surface area contributed by atoms with Crippen LogP contribution in [0.4, 0.5) is 5.69 Å². The zero-order chi connectivity index (χ0) is 14.8. The topological polar surface area (TPSA) is 70.9 Å². The summed E-state index contributed by atoms with van der Waals surface area (Å²) in [5.74, 6) is 1.25. The summed E-state index contributed by atoms with van der Waals surface area (Å²) in [4.78, 5) is 12.3. The van der Waals surface area contributed by atoms with Crippen LogP contribution in [-0.2, 0) is 0 Å². The van der Waals surface area contributed by atoms with Crippen LogP contribution in [0.3, 0.4) is 0 Å². The average molecular weight is 281 g/mol. The predicted octanol–water partition coefficient (Wildman–Crippen LogP) is 3.54. The van der Waals surface area contributed by atoms with Gasteiger partial charge in [-0.2, -0.15) is 5.10 Å². The van der Waals surface area contributed by atoms with E-state index in [4.69, 9.17) is 4.42 Å². The third-order valence-corrected chi connectivity index (χ3v) is 3.20.